The Bertz CT molecular complexity index is 345. The molecule has 1 atom stereocenters. The van der Waals surface area contributed by atoms with Crippen molar-refractivity contribution in [2.24, 2.45) is 5.92 Å². The summed E-state index contributed by atoms with van der Waals surface area (Å²) in [5, 5.41) is 20.3. The summed E-state index contributed by atoms with van der Waals surface area (Å²) in [5.74, 6) is -1.90. The number of rotatable bonds is 8. The molecule has 20 heavy (non-hydrogen) atoms. The number of hydrogen-bond donors (Lipinski definition) is 3. The van der Waals surface area contributed by atoms with Crippen molar-refractivity contribution in [2.45, 2.75) is 26.9 Å². The van der Waals surface area contributed by atoms with Crippen molar-refractivity contribution >= 4 is 18.0 Å². The fraction of sp³-hybridized carbons (Fsp3) is 0.750. The Balaban J connectivity index is 4.48. The first-order valence-corrected chi connectivity index (χ1v) is 6.37. The van der Waals surface area contributed by atoms with Gasteiger partial charge in [-0.2, -0.15) is 0 Å². The van der Waals surface area contributed by atoms with Crippen LogP contribution in [-0.2, 0) is 14.3 Å². The standard InChI is InChI=1S/C12H22N2O6/c1-4-20-10(16)5-13-12(19)14(6-8(2)3)7-9(15)11(17)18/h8-9,15H,4-7H2,1-3H3,(H,13,19)(H,17,18)/t9-/m0/s1. The summed E-state index contributed by atoms with van der Waals surface area (Å²) in [6.45, 7) is 5.17. The number of amides is 2. The third-order valence-electron chi connectivity index (χ3n) is 2.24. The van der Waals surface area contributed by atoms with Crippen molar-refractivity contribution < 1.29 is 29.3 Å². The van der Waals surface area contributed by atoms with Crippen LogP contribution in [0.25, 0.3) is 0 Å². The first kappa shape index (κ1) is 18.2. The lowest BCUT2D eigenvalue weighted by atomic mass is 10.2. The number of nitrogens with one attached hydrogen (secondary N) is 1. The first-order valence-electron chi connectivity index (χ1n) is 6.37. The number of ether oxygens (including phenoxy) is 1. The summed E-state index contributed by atoms with van der Waals surface area (Å²) in [6.07, 6.45) is -1.66. The summed E-state index contributed by atoms with van der Waals surface area (Å²) in [7, 11) is 0. The van der Waals surface area contributed by atoms with Gasteiger partial charge in [0, 0.05) is 6.54 Å². The van der Waals surface area contributed by atoms with Crippen LogP contribution in [0.15, 0.2) is 0 Å². The van der Waals surface area contributed by atoms with Crippen molar-refractivity contribution in [3.05, 3.63) is 0 Å². The second kappa shape index (κ2) is 9.13. The molecule has 8 nitrogen and oxygen atoms in total. The van der Waals surface area contributed by atoms with Gasteiger partial charge < -0.3 is 25.2 Å². The molecule has 0 unspecified atom stereocenters. The van der Waals surface area contributed by atoms with Crippen molar-refractivity contribution in [3.63, 3.8) is 0 Å². The van der Waals surface area contributed by atoms with E-state index in [0.717, 1.165) is 4.90 Å². The van der Waals surface area contributed by atoms with Gasteiger partial charge in [-0.25, -0.2) is 9.59 Å². The molecule has 3 N–H and O–H groups in total. The molecule has 0 rings (SSSR count). The molecule has 0 fully saturated rings. The van der Waals surface area contributed by atoms with Gasteiger partial charge in [0.05, 0.1) is 13.2 Å². The highest BCUT2D eigenvalue weighted by atomic mass is 16.5. The van der Waals surface area contributed by atoms with Gasteiger partial charge in [-0.05, 0) is 12.8 Å². The average molecular weight is 290 g/mol. The molecule has 0 heterocycles. The van der Waals surface area contributed by atoms with E-state index < -0.39 is 24.1 Å². The topological polar surface area (TPSA) is 116 Å². The highest BCUT2D eigenvalue weighted by molar-refractivity contribution is 5.81. The lowest BCUT2D eigenvalue weighted by Gasteiger charge is -2.25. The number of urea groups is 1. The van der Waals surface area contributed by atoms with Gasteiger partial charge in [-0.3, -0.25) is 4.79 Å². The average Bonchev–Trinajstić information content (AvgIpc) is 2.34. The number of nitrogens with zero attached hydrogens (tertiary/aromatic N) is 1. The summed E-state index contributed by atoms with van der Waals surface area (Å²) < 4.78 is 4.66. The molecule has 0 bridgehead atoms. The van der Waals surface area contributed by atoms with Gasteiger partial charge in [0.1, 0.15) is 6.54 Å². The zero-order valence-electron chi connectivity index (χ0n) is 12.0. The number of esters is 1. The summed E-state index contributed by atoms with van der Waals surface area (Å²) in [4.78, 5) is 34.7. The summed E-state index contributed by atoms with van der Waals surface area (Å²) in [6, 6.07) is -0.618. The molecular weight excluding hydrogens is 268 g/mol. The number of aliphatic hydroxyl groups is 1. The normalized spacial score (nSPS) is 11.8. The quantitative estimate of drug-likeness (QED) is 0.527. The molecule has 0 aromatic carbocycles. The zero-order valence-corrected chi connectivity index (χ0v) is 12.0. The molecule has 0 saturated carbocycles. The van der Waals surface area contributed by atoms with Gasteiger partial charge in [0.25, 0.3) is 0 Å². The molecular formula is C12H22N2O6. The van der Waals surface area contributed by atoms with E-state index in [-0.39, 0.29) is 32.2 Å². The molecule has 0 aromatic rings. The van der Waals surface area contributed by atoms with Gasteiger partial charge in [-0.1, -0.05) is 13.8 Å². The predicted molar refractivity (Wildman–Crippen MR) is 70.1 cm³/mol. The number of aliphatic hydroxyl groups excluding tert-OH is 1. The second-order valence-electron chi connectivity index (χ2n) is 4.62. The van der Waals surface area contributed by atoms with E-state index >= 15 is 0 Å². The minimum absolute atomic E-state index is 0.0874. The first-order chi connectivity index (χ1) is 9.27. The Hall–Kier alpha value is -1.83. The van der Waals surface area contributed by atoms with Gasteiger partial charge >= 0.3 is 18.0 Å². The molecule has 8 heteroatoms. The Labute approximate surface area is 117 Å². The SMILES string of the molecule is CCOC(=O)CNC(=O)N(CC(C)C)C[C@H](O)C(=O)O. The Kier molecular flexibility index (Phi) is 8.30. The fourth-order valence-electron chi connectivity index (χ4n) is 1.44. The van der Waals surface area contributed by atoms with E-state index in [4.69, 9.17) is 5.11 Å². The predicted octanol–water partition coefficient (Wildman–Crippen LogP) is -0.337. The lowest BCUT2D eigenvalue weighted by molar-refractivity contribution is -0.147. The second-order valence-corrected chi connectivity index (χ2v) is 4.62. The highest BCUT2D eigenvalue weighted by Gasteiger charge is 2.23. The number of carboxylic acids is 1. The van der Waals surface area contributed by atoms with Crippen LogP contribution >= 0.6 is 0 Å². The minimum Gasteiger partial charge on any atom is -0.479 e. The van der Waals surface area contributed by atoms with Crippen molar-refractivity contribution in [2.75, 3.05) is 26.2 Å². The van der Waals surface area contributed by atoms with Crippen molar-refractivity contribution in [1.29, 1.82) is 0 Å². The molecule has 116 valence electrons. The van der Waals surface area contributed by atoms with E-state index in [0.29, 0.717) is 0 Å². The molecule has 0 aliphatic rings. The zero-order chi connectivity index (χ0) is 15.7. The van der Waals surface area contributed by atoms with Crippen molar-refractivity contribution in [1.82, 2.24) is 10.2 Å². The summed E-state index contributed by atoms with van der Waals surface area (Å²) >= 11 is 0. The van der Waals surface area contributed by atoms with Gasteiger partial charge in [0.2, 0.25) is 0 Å². The van der Waals surface area contributed by atoms with Crippen LogP contribution in [0, 0.1) is 5.92 Å². The van der Waals surface area contributed by atoms with Crippen LogP contribution in [0.2, 0.25) is 0 Å². The summed E-state index contributed by atoms with van der Waals surface area (Å²) in [5.41, 5.74) is 0. The molecule has 0 aromatic heterocycles. The Morgan fingerprint density at radius 1 is 1.25 bits per heavy atom. The largest absolute Gasteiger partial charge is 0.479 e. The van der Waals surface area contributed by atoms with Crippen LogP contribution in [0.1, 0.15) is 20.8 Å². The van der Waals surface area contributed by atoms with Gasteiger partial charge in [-0.15, -0.1) is 0 Å². The maximum Gasteiger partial charge on any atom is 0.334 e. The van der Waals surface area contributed by atoms with E-state index in [1.807, 2.05) is 13.8 Å². The monoisotopic (exact) mass is 290 g/mol. The van der Waals surface area contributed by atoms with Crippen LogP contribution in [0.3, 0.4) is 0 Å². The maximum absolute atomic E-state index is 11.8. The van der Waals surface area contributed by atoms with E-state index in [9.17, 15) is 19.5 Å². The maximum atomic E-state index is 11.8. The van der Waals surface area contributed by atoms with Crippen LogP contribution in [0.4, 0.5) is 4.79 Å². The third-order valence-corrected chi connectivity index (χ3v) is 2.24. The van der Waals surface area contributed by atoms with Crippen molar-refractivity contribution in [3.8, 4) is 0 Å². The lowest BCUT2D eigenvalue weighted by Crippen LogP contribution is -2.48. The van der Waals surface area contributed by atoms with E-state index in [1.54, 1.807) is 6.92 Å². The van der Waals surface area contributed by atoms with E-state index in [2.05, 4.69) is 10.1 Å². The van der Waals surface area contributed by atoms with Crippen LogP contribution < -0.4 is 5.32 Å². The van der Waals surface area contributed by atoms with E-state index in [1.165, 1.54) is 0 Å². The minimum atomic E-state index is -1.66. The highest BCUT2D eigenvalue weighted by Crippen LogP contribution is 2.01. The molecule has 0 aliphatic heterocycles. The van der Waals surface area contributed by atoms with Crippen LogP contribution in [-0.4, -0.2) is 65.4 Å². The molecule has 0 saturated heterocycles. The molecule has 0 spiro atoms. The molecule has 2 amide bonds. The smallest absolute Gasteiger partial charge is 0.334 e. The number of carbonyl (C=O) groups excluding carboxylic acids is 2. The molecule has 0 aliphatic carbocycles. The fourth-order valence-corrected chi connectivity index (χ4v) is 1.44. The number of aliphatic carboxylic acids is 1. The number of carbonyl (C=O) groups is 3. The van der Waals surface area contributed by atoms with Gasteiger partial charge in [0.15, 0.2) is 6.10 Å². The number of carboxylic acid groups (broad SMARTS) is 1. The Morgan fingerprint density at radius 3 is 2.30 bits per heavy atom. The number of hydrogen-bond acceptors (Lipinski definition) is 5. The Morgan fingerprint density at radius 2 is 1.85 bits per heavy atom. The molecule has 0 radical (unpaired) electrons. The van der Waals surface area contributed by atoms with Crippen LogP contribution in [0.5, 0.6) is 0 Å². The third kappa shape index (κ3) is 7.57.